The summed E-state index contributed by atoms with van der Waals surface area (Å²) in [6, 6.07) is 12.9. The van der Waals surface area contributed by atoms with Crippen molar-refractivity contribution < 1.29 is 17.5 Å². The van der Waals surface area contributed by atoms with Crippen molar-refractivity contribution in [3.63, 3.8) is 0 Å². The second-order valence-electron chi connectivity index (χ2n) is 7.03. The molecule has 1 fully saturated rings. The number of pyridine rings is 1. The third-order valence-corrected chi connectivity index (χ3v) is 6.87. The molecule has 0 aliphatic carbocycles. The van der Waals surface area contributed by atoms with Crippen LogP contribution in [0.4, 0.5) is 21.8 Å². The van der Waals surface area contributed by atoms with E-state index in [1.807, 2.05) is 29.2 Å². The zero-order valence-corrected chi connectivity index (χ0v) is 18.3. The van der Waals surface area contributed by atoms with E-state index in [1.165, 1.54) is 16.4 Å². The summed E-state index contributed by atoms with van der Waals surface area (Å²) in [5, 5.41) is 11.5. The number of halogens is 1. The van der Waals surface area contributed by atoms with Crippen LogP contribution in [0.2, 0.25) is 0 Å². The van der Waals surface area contributed by atoms with Crippen LogP contribution in [0.3, 0.4) is 0 Å². The Bertz CT molecular complexity index is 1150. The molecule has 0 bridgehead atoms. The Labute approximate surface area is 185 Å². The third kappa shape index (κ3) is 4.78. The quantitative estimate of drug-likeness (QED) is 0.577. The molecule has 0 radical (unpaired) electrons. The molecule has 0 unspecified atom stereocenters. The monoisotopic (exact) mass is 458 g/mol. The van der Waals surface area contributed by atoms with Gasteiger partial charge < -0.3 is 15.0 Å². The number of sulfonamides is 1. The molecule has 0 amide bonds. The maximum absolute atomic E-state index is 14.1. The molecule has 0 atom stereocenters. The highest BCUT2D eigenvalue weighted by Crippen LogP contribution is 2.25. The predicted molar refractivity (Wildman–Crippen MR) is 118 cm³/mol. The molecule has 1 aliphatic heterocycles. The Morgan fingerprint density at radius 3 is 2.47 bits per heavy atom. The van der Waals surface area contributed by atoms with E-state index < -0.39 is 15.8 Å². The zero-order valence-electron chi connectivity index (χ0n) is 17.5. The van der Waals surface area contributed by atoms with Gasteiger partial charge in [-0.2, -0.15) is 4.31 Å². The standard InChI is InChI=1S/C21H23FN6O3S/c1-2-31-18-7-6-16(15-17(18)22)32(29,30)28-13-11-27(12-14-28)21-9-8-20(25-26-21)24-19-5-3-4-10-23-19/h3-10,15H,2,11-14H2,1H3,(H,23,24,25). The lowest BCUT2D eigenvalue weighted by molar-refractivity contribution is 0.321. The van der Waals surface area contributed by atoms with E-state index in [2.05, 4.69) is 20.5 Å². The fourth-order valence-electron chi connectivity index (χ4n) is 3.35. The van der Waals surface area contributed by atoms with Gasteiger partial charge in [0.2, 0.25) is 10.0 Å². The molecule has 0 saturated carbocycles. The number of ether oxygens (including phenoxy) is 1. The Morgan fingerprint density at radius 1 is 1.03 bits per heavy atom. The van der Waals surface area contributed by atoms with Crippen LogP contribution in [-0.4, -0.2) is 60.7 Å². The first-order valence-electron chi connectivity index (χ1n) is 10.2. The number of nitrogens with one attached hydrogen (secondary N) is 1. The largest absolute Gasteiger partial charge is 0.491 e. The predicted octanol–water partition coefficient (Wildman–Crippen LogP) is 2.66. The van der Waals surface area contributed by atoms with Crippen LogP contribution < -0.4 is 15.0 Å². The van der Waals surface area contributed by atoms with E-state index in [9.17, 15) is 12.8 Å². The van der Waals surface area contributed by atoms with Crippen molar-refractivity contribution >= 4 is 27.5 Å². The topological polar surface area (TPSA) is 101 Å². The van der Waals surface area contributed by atoms with Crippen LogP contribution in [0.5, 0.6) is 5.75 Å². The van der Waals surface area contributed by atoms with Gasteiger partial charge in [0.15, 0.2) is 23.2 Å². The lowest BCUT2D eigenvalue weighted by Crippen LogP contribution is -2.49. The molecule has 2 aromatic heterocycles. The fourth-order valence-corrected chi connectivity index (χ4v) is 4.78. The molecule has 11 heteroatoms. The molecule has 32 heavy (non-hydrogen) atoms. The lowest BCUT2D eigenvalue weighted by Gasteiger charge is -2.34. The van der Waals surface area contributed by atoms with Crippen molar-refractivity contribution in [2.24, 2.45) is 0 Å². The summed E-state index contributed by atoms with van der Waals surface area (Å²) in [4.78, 5) is 6.05. The van der Waals surface area contributed by atoms with Gasteiger partial charge in [-0.05, 0) is 49.4 Å². The number of rotatable bonds is 7. The van der Waals surface area contributed by atoms with Crippen LogP contribution >= 0.6 is 0 Å². The Morgan fingerprint density at radius 2 is 1.84 bits per heavy atom. The average molecular weight is 459 g/mol. The minimum absolute atomic E-state index is 0.0378. The van der Waals surface area contributed by atoms with Crippen LogP contribution in [0, 0.1) is 5.82 Å². The van der Waals surface area contributed by atoms with E-state index >= 15 is 0 Å². The molecular formula is C21H23FN6O3S. The van der Waals surface area contributed by atoms with Gasteiger partial charge in [0.25, 0.3) is 0 Å². The number of anilines is 3. The van der Waals surface area contributed by atoms with Crippen molar-refractivity contribution in [1.82, 2.24) is 19.5 Å². The van der Waals surface area contributed by atoms with E-state index in [0.29, 0.717) is 37.1 Å². The van der Waals surface area contributed by atoms with Crippen molar-refractivity contribution in [3.05, 3.63) is 60.5 Å². The first-order valence-corrected chi connectivity index (χ1v) is 11.6. The second-order valence-corrected chi connectivity index (χ2v) is 8.97. The molecule has 9 nitrogen and oxygen atoms in total. The minimum Gasteiger partial charge on any atom is -0.491 e. The molecular weight excluding hydrogens is 435 g/mol. The highest BCUT2D eigenvalue weighted by Gasteiger charge is 2.29. The van der Waals surface area contributed by atoms with Gasteiger partial charge in [-0.15, -0.1) is 10.2 Å². The van der Waals surface area contributed by atoms with E-state index in [1.54, 1.807) is 19.2 Å². The van der Waals surface area contributed by atoms with Crippen LogP contribution in [0.1, 0.15) is 6.92 Å². The zero-order chi connectivity index (χ0) is 22.6. The first-order chi connectivity index (χ1) is 15.5. The summed E-state index contributed by atoms with van der Waals surface area (Å²) in [7, 11) is -3.81. The SMILES string of the molecule is CCOc1ccc(S(=O)(=O)N2CCN(c3ccc(Nc4ccccn4)nn3)CC2)cc1F. The summed E-state index contributed by atoms with van der Waals surface area (Å²) in [5.41, 5.74) is 0. The number of nitrogens with zero attached hydrogens (tertiary/aromatic N) is 5. The average Bonchev–Trinajstić information content (AvgIpc) is 2.82. The van der Waals surface area contributed by atoms with Gasteiger partial charge in [-0.25, -0.2) is 17.8 Å². The van der Waals surface area contributed by atoms with Gasteiger partial charge in [0, 0.05) is 32.4 Å². The van der Waals surface area contributed by atoms with Crippen molar-refractivity contribution in [3.8, 4) is 5.75 Å². The Hall–Kier alpha value is -3.31. The van der Waals surface area contributed by atoms with Crippen molar-refractivity contribution in [2.45, 2.75) is 11.8 Å². The first kappa shape index (κ1) is 21.9. The molecule has 4 rings (SSSR count). The summed E-state index contributed by atoms with van der Waals surface area (Å²) in [6.07, 6.45) is 1.68. The van der Waals surface area contributed by atoms with Gasteiger partial charge in [0.1, 0.15) is 5.82 Å². The minimum atomic E-state index is -3.81. The Kier molecular flexibility index (Phi) is 6.47. The number of benzene rings is 1. The third-order valence-electron chi connectivity index (χ3n) is 4.98. The summed E-state index contributed by atoms with van der Waals surface area (Å²) in [5.74, 6) is 1.23. The van der Waals surface area contributed by atoms with Crippen LogP contribution in [-0.2, 0) is 10.0 Å². The normalized spacial score (nSPS) is 14.9. The molecule has 3 heterocycles. The number of hydrogen-bond acceptors (Lipinski definition) is 8. The molecule has 1 aromatic carbocycles. The number of piperazine rings is 1. The molecule has 168 valence electrons. The maximum Gasteiger partial charge on any atom is 0.243 e. The molecule has 1 N–H and O–H groups in total. The fraction of sp³-hybridized carbons (Fsp3) is 0.286. The van der Waals surface area contributed by atoms with Crippen LogP contribution in [0.25, 0.3) is 0 Å². The Balaban J connectivity index is 1.38. The lowest BCUT2D eigenvalue weighted by atomic mass is 10.3. The van der Waals surface area contributed by atoms with Crippen LogP contribution in [0.15, 0.2) is 59.6 Å². The van der Waals surface area contributed by atoms with Gasteiger partial charge in [-0.1, -0.05) is 6.07 Å². The highest BCUT2D eigenvalue weighted by molar-refractivity contribution is 7.89. The molecule has 3 aromatic rings. The van der Waals surface area contributed by atoms with Crippen molar-refractivity contribution in [1.29, 1.82) is 0 Å². The number of hydrogen-bond donors (Lipinski definition) is 1. The second kappa shape index (κ2) is 9.45. The van der Waals surface area contributed by atoms with Gasteiger partial charge in [0.05, 0.1) is 11.5 Å². The molecule has 1 saturated heterocycles. The van der Waals surface area contributed by atoms with E-state index in [4.69, 9.17) is 4.74 Å². The summed E-state index contributed by atoms with van der Waals surface area (Å²) < 4.78 is 46.5. The van der Waals surface area contributed by atoms with Gasteiger partial charge >= 0.3 is 0 Å². The molecule has 0 spiro atoms. The van der Waals surface area contributed by atoms with Gasteiger partial charge in [-0.3, -0.25) is 0 Å². The van der Waals surface area contributed by atoms with Crippen molar-refractivity contribution in [2.75, 3.05) is 43.0 Å². The maximum atomic E-state index is 14.1. The summed E-state index contributed by atoms with van der Waals surface area (Å²) in [6.45, 7) is 3.44. The number of aromatic nitrogens is 3. The molecule has 1 aliphatic rings. The highest BCUT2D eigenvalue weighted by atomic mass is 32.2. The summed E-state index contributed by atoms with van der Waals surface area (Å²) >= 11 is 0. The van der Waals surface area contributed by atoms with E-state index in [0.717, 1.165) is 6.07 Å². The smallest absolute Gasteiger partial charge is 0.243 e. The van der Waals surface area contributed by atoms with E-state index in [-0.39, 0.29) is 23.7 Å².